The SMILES string of the molecule is O=C(O)CN(CC(=O)O)c1ccc2c(CO)cc(=O)oc2c1. The molecule has 0 atom stereocenters. The molecule has 0 aliphatic rings. The van der Waals surface area contributed by atoms with Crippen LogP contribution in [0, 0.1) is 0 Å². The van der Waals surface area contributed by atoms with Gasteiger partial charge in [-0.25, -0.2) is 4.79 Å². The fraction of sp³-hybridized carbons (Fsp3) is 0.214. The van der Waals surface area contributed by atoms with E-state index < -0.39 is 30.7 Å². The normalized spacial score (nSPS) is 10.6. The van der Waals surface area contributed by atoms with E-state index in [1.165, 1.54) is 18.2 Å². The number of benzene rings is 1. The number of anilines is 1. The summed E-state index contributed by atoms with van der Waals surface area (Å²) in [4.78, 5) is 34.2. The second-order valence-corrected chi connectivity index (χ2v) is 4.57. The lowest BCUT2D eigenvalue weighted by Gasteiger charge is -2.20. The first kappa shape index (κ1) is 15.5. The van der Waals surface area contributed by atoms with Crippen LogP contribution in [0.25, 0.3) is 11.0 Å². The Labute approximate surface area is 123 Å². The minimum Gasteiger partial charge on any atom is -0.480 e. The Morgan fingerprint density at radius 3 is 2.27 bits per heavy atom. The highest BCUT2D eigenvalue weighted by molar-refractivity contribution is 5.86. The number of carbonyl (C=O) groups is 2. The molecule has 3 N–H and O–H groups in total. The molecule has 1 aromatic heterocycles. The Hall–Kier alpha value is -2.87. The van der Waals surface area contributed by atoms with Crippen LogP contribution in [0.5, 0.6) is 0 Å². The Balaban J connectivity index is 2.52. The van der Waals surface area contributed by atoms with E-state index in [1.807, 2.05) is 0 Å². The van der Waals surface area contributed by atoms with E-state index in [9.17, 15) is 19.5 Å². The molecule has 22 heavy (non-hydrogen) atoms. The molecule has 0 radical (unpaired) electrons. The number of rotatable bonds is 6. The van der Waals surface area contributed by atoms with Gasteiger partial charge in [-0.2, -0.15) is 0 Å². The van der Waals surface area contributed by atoms with Crippen LogP contribution in [0.1, 0.15) is 5.56 Å². The van der Waals surface area contributed by atoms with Gasteiger partial charge in [-0.3, -0.25) is 9.59 Å². The van der Waals surface area contributed by atoms with Gasteiger partial charge in [0.2, 0.25) is 0 Å². The fourth-order valence-electron chi connectivity index (χ4n) is 2.11. The van der Waals surface area contributed by atoms with Gasteiger partial charge in [0.25, 0.3) is 0 Å². The molecule has 1 heterocycles. The maximum atomic E-state index is 11.4. The van der Waals surface area contributed by atoms with Crippen LogP contribution in [0.2, 0.25) is 0 Å². The summed E-state index contributed by atoms with van der Waals surface area (Å²) < 4.78 is 5.02. The molecule has 0 aliphatic heterocycles. The van der Waals surface area contributed by atoms with Crippen molar-refractivity contribution in [2.24, 2.45) is 0 Å². The van der Waals surface area contributed by atoms with Crippen molar-refractivity contribution in [2.45, 2.75) is 6.61 Å². The van der Waals surface area contributed by atoms with Gasteiger partial charge in [-0.1, -0.05) is 0 Å². The Morgan fingerprint density at radius 1 is 1.09 bits per heavy atom. The second-order valence-electron chi connectivity index (χ2n) is 4.57. The van der Waals surface area contributed by atoms with E-state index in [1.54, 1.807) is 0 Å². The number of carboxylic acid groups (broad SMARTS) is 2. The van der Waals surface area contributed by atoms with Crippen LogP contribution in [-0.2, 0) is 16.2 Å². The summed E-state index contributed by atoms with van der Waals surface area (Å²) in [5.74, 6) is -2.38. The number of aliphatic carboxylic acids is 2. The van der Waals surface area contributed by atoms with Gasteiger partial charge in [-0.05, 0) is 17.7 Å². The van der Waals surface area contributed by atoms with E-state index in [0.717, 1.165) is 11.0 Å². The summed E-state index contributed by atoms with van der Waals surface area (Å²) in [5, 5.41) is 27.4. The topological polar surface area (TPSA) is 128 Å². The van der Waals surface area contributed by atoms with Crippen LogP contribution in [-0.4, -0.2) is 40.3 Å². The molecule has 2 aromatic rings. The van der Waals surface area contributed by atoms with Crippen LogP contribution in [0.15, 0.2) is 33.5 Å². The van der Waals surface area contributed by atoms with E-state index >= 15 is 0 Å². The van der Waals surface area contributed by atoms with Crippen molar-refractivity contribution < 1.29 is 29.3 Å². The number of hydrogen-bond donors (Lipinski definition) is 3. The summed E-state index contributed by atoms with van der Waals surface area (Å²) in [6.07, 6.45) is 0. The van der Waals surface area contributed by atoms with Crippen LogP contribution < -0.4 is 10.5 Å². The molecule has 116 valence electrons. The van der Waals surface area contributed by atoms with Crippen molar-refractivity contribution in [2.75, 3.05) is 18.0 Å². The van der Waals surface area contributed by atoms with Crippen molar-refractivity contribution in [1.29, 1.82) is 0 Å². The molecular weight excluding hydrogens is 294 g/mol. The first-order valence-electron chi connectivity index (χ1n) is 6.27. The third-order valence-electron chi connectivity index (χ3n) is 3.00. The number of hydrogen-bond acceptors (Lipinski definition) is 6. The number of nitrogens with zero attached hydrogens (tertiary/aromatic N) is 1. The van der Waals surface area contributed by atoms with Gasteiger partial charge in [0.15, 0.2) is 0 Å². The Kier molecular flexibility index (Phi) is 4.42. The summed E-state index contributed by atoms with van der Waals surface area (Å²) in [5.41, 5.74) is 0.155. The summed E-state index contributed by atoms with van der Waals surface area (Å²) in [6, 6.07) is 5.58. The zero-order valence-corrected chi connectivity index (χ0v) is 11.4. The molecule has 0 unspecified atom stereocenters. The molecule has 0 amide bonds. The second kappa shape index (κ2) is 6.27. The van der Waals surface area contributed by atoms with E-state index in [0.29, 0.717) is 10.9 Å². The average Bonchev–Trinajstić information content (AvgIpc) is 2.43. The summed E-state index contributed by atoms with van der Waals surface area (Å²) >= 11 is 0. The van der Waals surface area contributed by atoms with Crippen LogP contribution >= 0.6 is 0 Å². The molecule has 0 saturated heterocycles. The highest BCUT2D eigenvalue weighted by atomic mass is 16.4. The molecule has 0 fully saturated rings. The number of carboxylic acids is 2. The lowest BCUT2D eigenvalue weighted by molar-refractivity contribution is -0.136. The third kappa shape index (κ3) is 3.41. The number of aliphatic hydroxyl groups excluding tert-OH is 1. The molecule has 8 heteroatoms. The van der Waals surface area contributed by atoms with Crippen molar-refractivity contribution in [3.05, 3.63) is 40.2 Å². The molecule has 8 nitrogen and oxygen atoms in total. The minimum absolute atomic E-state index is 0.148. The smallest absolute Gasteiger partial charge is 0.336 e. The average molecular weight is 307 g/mol. The highest BCUT2D eigenvalue weighted by Gasteiger charge is 2.16. The van der Waals surface area contributed by atoms with Crippen molar-refractivity contribution >= 4 is 28.6 Å². The first-order valence-corrected chi connectivity index (χ1v) is 6.27. The quantitative estimate of drug-likeness (QED) is 0.648. The molecule has 0 aliphatic carbocycles. The van der Waals surface area contributed by atoms with Gasteiger partial charge in [0, 0.05) is 23.2 Å². The van der Waals surface area contributed by atoms with Gasteiger partial charge in [0.1, 0.15) is 18.7 Å². The zero-order chi connectivity index (χ0) is 16.3. The molecule has 1 aromatic carbocycles. The summed E-state index contributed by atoms with van der Waals surface area (Å²) in [7, 11) is 0. The Morgan fingerprint density at radius 2 is 1.73 bits per heavy atom. The molecule has 0 saturated carbocycles. The van der Waals surface area contributed by atoms with E-state index in [4.69, 9.17) is 14.6 Å². The predicted octanol–water partition coefficient (Wildman–Crippen LogP) is 0.261. The predicted molar refractivity (Wildman–Crippen MR) is 75.9 cm³/mol. The highest BCUT2D eigenvalue weighted by Crippen LogP contribution is 2.23. The van der Waals surface area contributed by atoms with Crippen molar-refractivity contribution in [3.8, 4) is 0 Å². The molecule has 2 rings (SSSR count). The molecule has 0 spiro atoms. The van der Waals surface area contributed by atoms with Gasteiger partial charge in [-0.15, -0.1) is 0 Å². The largest absolute Gasteiger partial charge is 0.480 e. The van der Waals surface area contributed by atoms with Gasteiger partial charge in [0.05, 0.1) is 6.61 Å². The standard InChI is InChI=1S/C14H13NO7/c16-7-8-3-14(21)22-11-4-9(1-2-10(8)11)15(5-12(17)18)6-13(19)20/h1-4,16H,5-7H2,(H,17,18)(H,19,20). The maximum absolute atomic E-state index is 11.4. The van der Waals surface area contributed by atoms with Crippen molar-refractivity contribution in [1.82, 2.24) is 0 Å². The number of fused-ring (bicyclic) bond motifs is 1. The van der Waals surface area contributed by atoms with Gasteiger partial charge < -0.3 is 24.6 Å². The lowest BCUT2D eigenvalue weighted by atomic mass is 10.1. The number of aliphatic hydroxyl groups is 1. The fourth-order valence-corrected chi connectivity index (χ4v) is 2.11. The monoisotopic (exact) mass is 307 g/mol. The van der Waals surface area contributed by atoms with Crippen LogP contribution in [0.3, 0.4) is 0 Å². The third-order valence-corrected chi connectivity index (χ3v) is 3.00. The zero-order valence-electron chi connectivity index (χ0n) is 11.4. The Bertz CT molecular complexity index is 764. The molecular formula is C14H13NO7. The van der Waals surface area contributed by atoms with Crippen molar-refractivity contribution in [3.63, 3.8) is 0 Å². The first-order chi connectivity index (χ1) is 10.4. The maximum Gasteiger partial charge on any atom is 0.336 e. The van der Waals surface area contributed by atoms with Crippen LogP contribution in [0.4, 0.5) is 5.69 Å². The summed E-state index contributed by atoms with van der Waals surface area (Å²) in [6.45, 7) is -1.38. The minimum atomic E-state index is -1.19. The van der Waals surface area contributed by atoms with E-state index in [2.05, 4.69) is 0 Å². The van der Waals surface area contributed by atoms with Gasteiger partial charge >= 0.3 is 17.6 Å². The lowest BCUT2D eigenvalue weighted by Crippen LogP contribution is -2.34. The van der Waals surface area contributed by atoms with E-state index in [-0.39, 0.29) is 17.9 Å². The molecule has 0 bridgehead atoms.